The van der Waals surface area contributed by atoms with Gasteiger partial charge in [0.2, 0.25) is 0 Å². The number of aliphatic hydroxyl groups is 1. The summed E-state index contributed by atoms with van der Waals surface area (Å²) in [7, 11) is 0. The molecule has 89 valence electrons. The van der Waals surface area contributed by atoms with Crippen molar-refractivity contribution in [2.45, 2.75) is 14.0 Å². The number of hydrogen-bond donors (Lipinski definition) is 1. The second-order valence-electron chi connectivity index (χ2n) is 3.06. The van der Waals surface area contributed by atoms with Gasteiger partial charge in [-0.2, -0.15) is 0 Å². The van der Waals surface area contributed by atoms with Gasteiger partial charge in [-0.05, 0) is 17.2 Å². The average Bonchev–Trinajstić information content (AvgIpc) is 2.30. The van der Waals surface area contributed by atoms with Crippen LogP contribution in [0.3, 0.4) is 0 Å². The summed E-state index contributed by atoms with van der Waals surface area (Å²) in [6.45, 7) is 0.0259. The predicted octanol–water partition coefficient (Wildman–Crippen LogP) is 3.32. The Morgan fingerprint density at radius 3 is 2.29 bits per heavy atom. The molecule has 0 spiro atoms. The van der Waals surface area contributed by atoms with Crippen molar-refractivity contribution >= 4 is 0 Å². The molecule has 2 aromatic rings. The maximum Gasteiger partial charge on any atom is 0.0702 e. The summed E-state index contributed by atoms with van der Waals surface area (Å²) in [5, 5.41) is 9.14. The summed E-state index contributed by atoms with van der Waals surface area (Å²) in [6.07, 6.45) is 3.43. The van der Waals surface area contributed by atoms with Gasteiger partial charge >= 0.3 is 0 Å². The number of nitrogens with zero attached hydrogens (tertiary/aromatic N) is 1. The van der Waals surface area contributed by atoms with Gasteiger partial charge in [0.1, 0.15) is 0 Å². The van der Waals surface area contributed by atoms with E-state index in [1.807, 2.05) is 36.4 Å². The first-order valence-electron chi connectivity index (χ1n) is 4.51. The van der Waals surface area contributed by atoms with Crippen LogP contribution in [-0.4, -0.2) is 10.1 Å². The molecule has 0 amide bonds. The Morgan fingerprint density at radius 1 is 1.06 bits per heavy atom. The summed E-state index contributed by atoms with van der Waals surface area (Å²) in [5.74, 6) is 0. The van der Waals surface area contributed by atoms with Gasteiger partial charge in [-0.1, -0.05) is 37.8 Å². The first kappa shape index (κ1) is 18.8. The second kappa shape index (κ2) is 9.46. The molecule has 0 aliphatic heterocycles. The van der Waals surface area contributed by atoms with E-state index >= 15 is 0 Å². The van der Waals surface area contributed by atoms with E-state index in [0.29, 0.717) is 0 Å². The third-order valence-electron chi connectivity index (χ3n) is 2.16. The molecule has 2 nitrogen and oxygen atoms in total. The Hall–Kier alpha value is -0.566. The van der Waals surface area contributed by atoms with E-state index in [9.17, 15) is 0 Å². The van der Waals surface area contributed by atoms with Crippen molar-refractivity contribution in [3.63, 3.8) is 0 Å². The van der Waals surface area contributed by atoms with Crippen LogP contribution >= 0.6 is 0 Å². The molecule has 0 aliphatic carbocycles. The molecule has 2 rings (SSSR count). The number of aromatic nitrogens is 1. The predicted molar refractivity (Wildman–Crippen MR) is 68.7 cm³/mol. The van der Waals surface area contributed by atoms with Gasteiger partial charge in [-0.3, -0.25) is 4.98 Å². The SMILES string of the molecule is C.OCc1cnccc1-c1ccccc1.[CH3-].[Y]. The average molecular weight is 305 g/mol. The number of aliphatic hydroxyl groups excluding tert-OH is 1. The minimum atomic E-state index is 0. The fourth-order valence-corrected chi connectivity index (χ4v) is 1.45. The molecule has 0 saturated carbocycles. The fourth-order valence-electron chi connectivity index (χ4n) is 1.45. The normalized spacial score (nSPS) is 8.29. The molecular formula is C14H18NOY-. The van der Waals surface area contributed by atoms with E-state index in [4.69, 9.17) is 5.11 Å². The molecule has 0 saturated heterocycles. The Morgan fingerprint density at radius 2 is 1.71 bits per heavy atom. The summed E-state index contributed by atoms with van der Waals surface area (Å²) < 4.78 is 0. The third-order valence-corrected chi connectivity index (χ3v) is 2.16. The minimum absolute atomic E-state index is 0. The first-order chi connectivity index (χ1) is 6.92. The maximum atomic E-state index is 9.14. The van der Waals surface area contributed by atoms with Crippen molar-refractivity contribution in [3.8, 4) is 11.1 Å². The van der Waals surface area contributed by atoms with E-state index in [1.165, 1.54) is 0 Å². The monoisotopic (exact) mass is 305 g/mol. The van der Waals surface area contributed by atoms with Gasteiger partial charge in [0.15, 0.2) is 0 Å². The summed E-state index contributed by atoms with van der Waals surface area (Å²) in [5.41, 5.74) is 3.01. The van der Waals surface area contributed by atoms with Crippen LogP contribution in [-0.2, 0) is 39.3 Å². The molecule has 1 radical (unpaired) electrons. The van der Waals surface area contributed by atoms with Gasteiger partial charge < -0.3 is 12.5 Å². The smallest absolute Gasteiger partial charge is 0.0702 e. The van der Waals surface area contributed by atoms with E-state index in [2.05, 4.69) is 4.98 Å². The van der Waals surface area contributed by atoms with Crippen molar-refractivity contribution in [1.82, 2.24) is 4.98 Å². The molecule has 17 heavy (non-hydrogen) atoms. The first-order valence-corrected chi connectivity index (χ1v) is 4.51. The van der Waals surface area contributed by atoms with Crippen LogP contribution < -0.4 is 0 Å². The number of hydrogen-bond acceptors (Lipinski definition) is 2. The van der Waals surface area contributed by atoms with E-state index in [1.54, 1.807) is 12.4 Å². The number of benzene rings is 1. The van der Waals surface area contributed by atoms with Crippen molar-refractivity contribution in [2.24, 2.45) is 0 Å². The topological polar surface area (TPSA) is 33.1 Å². The molecule has 0 bridgehead atoms. The Kier molecular flexibility index (Phi) is 10.5. The molecule has 1 N–H and O–H groups in total. The van der Waals surface area contributed by atoms with Crippen LogP contribution in [0, 0.1) is 7.43 Å². The number of pyridine rings is 1. The van der Waals surface area contributed by atoms with Crippen molar-refractivity contribution < 1.29 is 37.8 Å². The van der Waals surface area contributed by atoms with Crippen molar-refractivity contribution in [3.05, 3.63) is 61.8 Å². The van der Waals surface area contributed by atoms with Gasteiger partial charge in [-0.15, -0.1) is 0 Å². The van der Waals surface area contributed by atoms with Crippen molar-refractivity contribution in [1.29, 1.82) is 0 Å². The Balaban J connectivity index is 0. The Bertz CT molecular complexity index is 418. The van der Waals surface area contributed by atoms with Gasteiger partial charge in [0, 0.05) is 50.7 Å². The molecule has 0 aliphatic rings. The molecule has 1 aromatic heterocycles. The quantitative estimate of drug-likeness (QED) is 0.863. The van der Waals surface area contributed by atoms with Crippen LogP contribution in [0.15, 0.2) is 48.8 Å². The molecule has 1 aromatic carbocycles. The molecule has 0 atom stereocenters. The van der Waals surface area contributed by atoms with Gasteiger partial charge in [0.25, 0.3) is 0 Å². The van der Waals surface area contributed by atoms with Crippen LogP contribution in [0.2, 0.25) is 0 Å². The molecule has 3 heteroatoms. The van der Waals surface area contributed by atoms with Crippen LogP contribution in [0.1, 0.15) is 13.0 Å². The fraction of sp³-hybridized carbons (Fsp3) is 0.143. The molecule has 0 unspecified atom stereocenters. The Labute approximate surface area is 129 Å². The second-order valence-corrected chi connectivity index (χ2v) is 3.06. The van der Waals surface area contributed by atoms with Gasteiger partial charge in [0.05, 0.1) is 6.61 Å². The van der Waals surface area contributed by atoms with E-state index in [-0.39, 0.29) is 54.2 Å². The standard InChI is InChI=1S/C12H11NO.CH4.CH3.Y/c14-9-11-8-13-7-6-12(11)10-4-2-1-3-5-10;;;/h1-8,14H,9H2;1H4;1H3;/q;;-1;. The van der Waals surface area contributed by atoms with Crippen LogP contribution in [0.5, 0.6) is 0 Å². The summed E-state index contributed by atoms with van der Waals surface area (Å²) in [6, 6.07) is 11.9. The molecule has 0 fully saturated rings. The zero-order valence-corrected chi connectivity index (χ0v) is 12.1. The van der Waals surface area contributed by atoms with Crippen LogP contribution in [0.4, 0.5) is 0 Å². The zero-order valence-electron chi connectivity index (χ0n) is 9.30. The largest absolute Gasteiger partial charge is 0.392 e. The summed E-state index contributed by atoms with van der Waals surface area (Å²) in [4.78, 5) is 3.98. The zero-order chi connectivity index (χ0) is 9.80. The van der Waals surface area contributed by atoms with Gasteiger partial charge in [-0.25, -0.2) is 0 Å². The molecule has 1 heterocycles. The minimum Gasteiger partial charge on any atom is -0.392 e. The maximum absolute atomic E-state index is 9.14. The number of rotatable bonds is 2. The summed E-state index contributed by atoms with van der Waals surface area (Å²) >= 11 is 0. The van der Waals surface area contributed by atoms with Crippen molar-refractivity contribution in [2.75, 3.05) is 0 Å². The van der Waals surface area contributed by atoms with E-state index in [0.717, 1.165) is 16.7 Å². The van der Waals surface area contributed by atoms with Crippen LogP contribution in [0.25, 0.3) is 11.1 Å². The molecular weight excluding hydrogens is 287 g/mol. The third kappa shape index (κ3) is 4.67. The van der Waals surface area contributed by atoms with E-state index < -0.39 is 0 Å².